The van der Waals surface area contributed by atoms with Gasteiger partial charge in [0.2, 0.25) is 11.8 Å². The van der Waals surface area contributed by atoms with Gasteiger partial charge in [0.05, 0.1) is 10.7 Å². The first-order valence-corrected chi connectivity index (χ1v) is 8.63. The summed E-state index contributed by atoms with van der Waals surface area (Å²) in [7, 11) is 0. The van der Waals surface area contributed by atoms with E-state index in [1.807, 2.05) is 18.2 Å². The zero-order valence-electron chi connectivity index (χ0n) is 12.8. The lowest BCUT2D eigenvalue weighted by molar-refractivity contribution is -0.123. The molecule has 1 saturated heterocycles. The molecule has 3 rings (SSSR count). The standard InChI is InChI=1S/C17H13ClFN3O2S/c18-12-8-11(6-7-13(12)19)21-17-22-15(23)9-14(25-17)16(24)20-10-4-2-1-3-5-10/h1-8,14H,9H2,(H,20,24)(H,21,22,23)/t14-/m0/s1. The van der Waals surface area contributed by atoms with Crippen LogP contribution in [-0.2, 0) is 9.59 Å². The number of para-hydroxylation sites is 1. The van der Waals surface area contributed by atoms with E-state index in [0.717, 1.165) is 11.8 Å². The minimum Gasteiger partial charge on any atom is -0.325 e. The number of amides is 2. The molecule has 0 spiro atoms. The summed E-state index contributed by atoms with van der Waals surface area (Å²) in [5.74, 6) is -1.14. The molecule has 1 atom stereocenters. The average molecular weight is 378 g/mol. The molecule has 0 unspecified atom stereocenters. The van der Waals surface area contributed by atoms with Gasteiger partial charge < -0.3 is 10.6 Å². The fraction of sp³-hybridized carbons (Fsp3) is 0.118. The molecule has 128 valence electrons. The molecule has 2 aromatic rings. The fourth-order valence-corrected chi connectivity index (χ4v) is 3.34. The Bertz CT molecular complexity index is 845. The minimum absolute atomic E-state index is 0.0481. The van der Waals surface area contributed by atoms with Crippen LogP contribution in [0.2, 0.25) is 5.02 Å². The van der Waals surface area contributed by atoms with Gasteiger partial charge in [-0.15, -0.1) is 0 Å². The van der Waals surface area contributed by atoms with Gasteiger partial charge in [0.1, 0.15) is 11.1 Å². The lowest BCUT2D eigenvalue weighted by atomic mass is 10.2. The highest BCUT2D eigenvalue weighted by atomic mass is 35.5. The lowest BCUT2D eigenvalue weighted by Gasteiger charge is -2.22. The number of halogens is 2. The summed E-state index contributed by atoms with van der Waals surface area (Å²) in [6.45, 7) is 0. The van der Waals surface area contributed by atoms with E-state index < -0.39 is 11.1 Å². The summed E-state index contributed by atoms with van der Waals surface area (Å²) >= 11 is 6.86. The molecule has 8 heteroatoms. The number of anilines is 1. The van der Waals surface area contributed by atoms with Crippen molar-refractivity contribution < 1.29 is 14.0 Å². The maximum atomic E-state index is 13.2. The Kier molecular flexibility index (Phi) is 5.35. The largest absolute Gasteiger partial charge is 0.325 e. The van der Waals surface area contributed by atoms with Crippen molar-refractivity contribution >= 4 is 51.7 Å². The molecule has 0 radical (unpaired) electrons. The van der Waals surface area contributed by atoms with Crippen LogP contribution in [0.1, 0.15) is 6.42 Å². The number of rotatable bonds is 3. The van der Waals surface area contributed by atoms with Crippen LogP contribution in [0.15, 0.2) is 53.5 Å². The van der Waals surface area contributed by atoms with E-state index in [1.165, 1.54) is 18.2 Å². The zero-order valence-corrected chi connectivity index (χ0v) is 14.4. The number of amidine groups is 1. The van der Waals surface area contributed by atoms with E-state index >= 15 is 0 Å². The third-order valence-electron chi connectivity index (χ3n) is 3.34. The van der Waals surface area contributed by atoms with Gasteiger partial charge in [-0.2, -0.15) is 0 Å². The quantitative estimate of drug-likeness (QED) is 0.856. The summed E-state index contributed by atoms with van der Waals surface area (Å²) in [6, 6.07) is 13.0. The molecule has 2 amide bonds. The molecule has 2 aromatic carbocycles. The molecule has 0 aromatic heterocycles. The Hall–Kier alpha value is -2.38. The zero-order chi connectivity index (χ0) is 17.8. The Balaban J connectivity index is 1.74. The van der Waals surface area contributed by atoms with Gasteiger partial charge in [0.15, 0.2) is 5.17 Å². The molecule has 0 aliphatic carbocycles. The van der Waals surface area contributed by atoms with Crippen LogP contribution in [0.3, 0.4) is 0 Å². The number of nitrogens with one attached hydrogen (secondary N) is 2. The van der Waals surface area contributed by atoms with E-state index in [-0.39, 0.29) is 28.4 Å². The highest BCUT2D eigenvalue weighted by Crippen LogP contribution is 2.27. The first kappa shape index (κ1) is 17.4. The summed E-state index contributed by atoms with van der Waals surface area (Å²) < 4.78 is 13.2. The Morgan fingerprint density at radius 1 is 1.28 bits per heavy atom. The number of carbonyl (C=O) groups excluding carboxylic acids is 2. The van der Waals surface area contributed by atoms with Gasteiger partial charge in [-0.05, 0) is 30.3 Å². The van der Waals surface area contributed by atoms with Gasteiger partial charge in [0.25, 0.3) is 0 Å². The number of hydrogen-bond donors (Lipinski definition) is 2. The molecule has 1 aliphatic rings. The first-order valence-electron chi connectivity index (χ1n) is 7.37. The van der Waals surface area contributed by atoms with Crippen LogP contribution in [0.4, 0.5) is 15.8 Å². The Morgan fingerprint density at radius 3 is 2.76 bits per heavy atom. The van der Waals surface area contributed by atoms with Crippen molar-refractivity contribution in [1.29, 1.82) is 0 Å². The van der Waals surface area contributed by atoms with Crippen LogP contribution in [0, 0.1) is 5.82 Å². The second-order valence-corrected chi connectivity index (χ2v) is 6.83. The molecule has 0 bridgehead atoms. The maximum absolute atomic E-state index is 13.2. The second-order valence-electron chi connectivity index (χ2n) is 5.23. The highest BCUT2D eigenvalue weighted by Gasteiger charge is 2.30. The molecule has 0 saturated carbocycles. The second kappa shape index (κ2) is 7.67. The summed E-state index contributed by atoms with van der Waals surface area (Å²) in [6.07, 6.45) is 0.0481. The maximum Gasteiger partial charge on any atom is 0.238 e. The molecule has 2 N–H and O–H groups in total. The van der Waals surface area contributed by atoms with Crippen LogP contribution in [0.5, 0.6) is 0 Å². The molecular formula is C17H13ClFN3O2S. The van der Waals surface area contributed by atoms with Crippen LogP contribution >= 0.6 is 23.4 Å². The van der Waals surface area contributed by atoms with Gasteiger partial charge >= 0.3 is 0 Å². The Morgan fingerprint density at radius 2 is 2.04 bits per heavy atom. The number of aliphatic imine (C=N–C) groups is 1. The lowest BCUT2D eigenvalue weighted by Crippen LogP contribution is -2.41. The summed E-state index contributed by atoms with van der Waals surface area (Å²) in [5, 5.41) is 4.97. The third kappa shape index (κ3) is 4.58. The number of hydrogen-bond acceptors (Lipinski definition) is 4. The third-order valence-corrected chi connectivity index (χ3v) is 4.71. The van der Waals surface area contributed by atoms with Crippen molar-refractivity contribution in [2.75, 3.05) is 5.32 Å². The SMILES string of the molecule is O=C1C[C@@H](C(=O)Nc2ccccc2)SC(=Nc2ccc(F)c(Cl)c2)N1. The van der Waals surface area contributed by atoms with Gasteiger partial charge in [-0.1, -0.05) is 41.6 Å². The predicted molar refractivity (Wildman–Crippen MR) is 97.7 cm³/mol. The predicted octanol–water partition coefficient (Wildman–Crippen LogP) is 3.73. The van der Waals surface area contributed by atoms with E-state index in [2.05, 4.69) is 15.6 Å². The molecule has 1 heterocycles. The van der Waals surface area contributed by atoms with Gasteiger partial charge in [-0.3, -0.25) is 9.59 Å². The number of carbonyl (C=O) groups is 2. The molecule has 25 heavy (non-hydrogen) atoms. The van der Waals surface area contributed by atoms with Crippen molar-refractivity contribution in [3.05, 3.63) is 59.4 Å². The van der Waals surface area contributed by atoms with E-state index in [9.17, 15) is 14.0 Å². The molecule has 1 fully saturated rings. The van der Waals surface area contributed by atoms with E-state index in [0.29, 0.717) is 11.4 Å². The molecule has 1 aliphatic heterocycles. The van der Waals surface area contributed by atoms with Crippen LogP contribution in [-0.4, -0.2) is 22.2 Å². The topological polar surface area (TPSA) is 70.6 Å². The first-order chi connectivity index (χ1) is 12.0. The fourth-order valence-electron chi connectivity index (χ4n) is 2.16. The van der Waals surface area contributed by atoms with Crippen molar-refractivity contribution in [2.45, 2.75) is 11.7 Å². The van der Waals surface area contributed by atoms with Crippen LogP contribution in [0.25, 0.3) is 0 Å². The number of thioether (sulfide) groups is 1. The minimum atomic E-state index is -0.608. The summed E-state index contributed by atoms with van der Waals surface area (Å²) in [4.78, 5) is 28.5. The van der Waals surface area contributed by atoms with Crippen molar-refractivity contribution in [1.82, 2.24) is 5.32 Å². The Labute approximate surface area is 152 Å². The van der Waals surface area contributed by atoms with Gasteiger partial charge in [-0.25, -0.2) is 9.38 Å². The van der Waals surface area contributed by atoms with Crippen LogP contribution < -0.4 is 10.6 Å². The average Bonchev–Trinajstić information content (AvgIpc) is 2.58. The summed E-state index contributed by atoms with van der Waals surface area (Å²) in [5.41, 5.74) is 1.04. The van der Waals surface area contributed by atoms with E-state index in [4.69, 9.17) is 11.6 Å². The molecular weight excluding hydrogens is 365 g/mol. The van der Waals surface area contributed by atoms with E-state index in [1.54, 1.807) is 12.1 Å². The van der Waals surface area contributed by atoms with Gasteiger partial charge in [0, 0.05) is 12.1 Å². The van der Waals surface area contributed by atoms with Crippen molar-refractivity contribution in [2.24, 2.45) is 4.99 Å². The number of benzene rings is 2. The monoisotopic (exact) mass is 377 g/mol. The van der Waals surface area contributed by atoms with Crippen molar-refractivity contribution in [3.8, 4) is 0 Å². The van der Waals surface area contributed by atoms with Crippen molar-refractivity contribution in [3.63, 3.8) is 0 Å². The number of nitrogens with zero attached hydrogens (tertiary/aromatic N) is 1. The normalized spacial score (nSPS) is 18.7. The highest BCUT2D eigenvalue weighted by molar-refractivity contribution is 8.15. The smallest absolute Gasteiger partial charge is 0.238 e. The molecule has 5 nitrogen and oxygen atoms in total.